The Balaban J connectivity index is 1.98. The quantitative estimate of drug-likeness (QED) is 0.856. The highest BCUT2D eigenvalue weighted by atomic mass is 16.1. The number of aromatic nitrogens is 2. The van der Waals surface area contributed by atoms with E-state index >= 15 is 0 Å². The third-order valence-corrected chi connectivity index (χ3v) is 3.62. The molecular weight excluding hydrogens is 290 g/mol. The number of carbonyl (C=O) groups excluding carboxylic acids is 1. The second-order valence-corrected chi connectivity index (χ2v) is 5.74. The number of nitrogens with one attached hydrogen (secondary N) is 2. The monoisotopic (exact) mass is 313 g/mol. The maximum Gasteiger partial charge on any atom is 0.276 e. The predicted octanol–water partition coefficient (Wildman–Crippen LogP) is 2.32. The SMILES string of the molecule is Cc1cccc(NC(=O)c2ccc(NCCN(C)C)nn2)c1C. The number of likely N-dealkylation sites (N-methyl/N-ethyl adjacent to an activating group) is 1. The van der Waals surface area contributed by atoms with Gasteiger partial charge in [0.05, 0.1) is 0 Å². The van der Waals surface area contributed by atoms with Crippen LogP contribution in [0.25, 0.3) is 0 Å². The molecule has 0 aliphatic rings. The highest BCUT2D eigenvalue weighted by Gasteiger charge is 2.10. The van der Waals surface area contributed by atoms with E-state index in [9.17, 15) is 4.79 Å². The minimum Gasteiger partial charge on any atom is -0.367 e. The lowest BCUT2D eigenvalue weighted by atomic mass is 10.1. The third-order valence-electron chi connectivity index (χ3n) is 3.62. The first-order chi connectivity index (χ1) is 11.0. The summed E-state index contributed by atoms with van der Waals surface area (Å²) in [5, 5.41) is 14.1. The van der Waals surface area contributed by atoms with Crippen molar-refractivity contribution in [2.45, 2.75) is 13.8 Å². The zero-order chi connectivity index (χ0) is 16.8. The lowest BCUT2D eigenvalue weighted by molar-refractivity contribution is 0.102. The summed E-state index contributed by atoms with van der Waals surface area (Å²) in [5.41, 5.74) is 3.28. The molecule has 0 saturated heterocycles. The van der Waals surface area contributed by atoms with Gasteiger partial charge in [-0.3, -0.25) is 4.79 Å². The average Bonchev–Trinajstić information content (AvgIpc) is 2.52. The first kappa shape index (κ1) is 16.9. The van der Waals surface area contributed by atoms with E-state index in [0.717, 1.165) is 29.9 Å². The van der Waals surface area contributed by atoms with Crippen LogP contribution >= 0.6 is 0 Å². The number of rotatable bonds is 6. The molecule has 0 aliphatic heterocycles. The number of benzene rings is 1. The van der Waals surface area contributed by atoms with E-state index in [0.29, 0.717) is 11.5 Å². The molecule has 0 fully saturated rings. The first-order valence-electron chi connectivity index (χ1n) is 7.57. The van der Waals surface area contributed by atoms with Crippen LogP contribution in [0.5, 0.6) is 0 Å². The summed E-state index contributed by atoms with van der Waals surface area (Å²) >= 11 is 0. The van der Waals surface area contributed by atoms with Gasteiger partial charge in [-0.15, -0.1) is 10.2 Å². The Morgan fingerprint density at radius 2 is 1.91 bits per heavy atom. The standard InChI is InChI=1S/C17H23N5O/c1-12-6-5-7-14(13(12)2)19-17(23)15-8-9-16(21-20-15)18-10-11-22(3)4/h5-9H,10-11H2,1-4H3,(H,18,21)(H,19,23). The van der Waals surface area contributed by atoms with Crippen molar-refractivity contribution in [2.24, 2.45) is 0 Å². The van der Waals surface area contributed by atoms with Gasteiger partial charge in [-0.1, -0.05) is 12.1 Å². The number of aryl methyl sites for hydroxylation is 1. The smallest absolute Gasteiger partial charge is 0.276 e. The van der Waals surface area contributed by atoms with E-state index in [1.54, 1.807) is 12.1 Å². The van der Waals surface area contributed by atoms with Crippen molar-refractivity contribution in [1.82, 2.24) is 15.1 Å². The van der Waals surface area contributed by atoms with E-state index in [2.05, 4.69) is 25.7 Å². The lowest BCUT2D eigenvalue weighted by Crippen LogP contribution is -2.21. The van der Waals surface area contributed by atoms with Gasteiger partial charge in [0, 0.05) is 18.8 Å². The second-order valence-electron chi connectivity index (χ2n) is 5.74. The van der Waals surface area contributed by atoms with Crippen LogP contribution in [0.1, 0.15) is 21.6 Å². The molecule has 0 atom stereocenters. The maximum atomic E-state index is 12.3. The van der Waals surface area contributed by atoms with Gasteiger partial charge in [-0.25, -0.2) is 0 Å². The molecule has 6 nitrogen and oxygen atoms in total. The van der Waals surface area contributed by atoms with E-state index < -0.39 is 0 Å². The van der Waals surface area contributed by atoms with E-state index in [-0.39, 0.29) is 5.91 Å². The molecule has 0 aliphatic carbocycles. The molecule has 2 rings (SSSR count). The Labute approximate surface area is 136 Å². The van der Waals surface area contributed by atoms with Gasteiger partial charge in [0.25, 0.3) is 5.91 Å². The Kier molecular flexibility index (Phi) is 5.65. The molecule has 0 bridgehead atoms. The summed E-state index contributed by atoms with van der Waals surface area (Å²) in [4.78, 5) is 14.3. The molecule has 23 heavy (non-hydrogen) atoms. The van der Waals surface area contributed by atoms with Gasteiger partial charge in [-0.2, -0.15) is 0 Å². The number of nitrogens with zero attached hydrogens (tertiary/aromatic N) is 3. The average molecular weight is 313 g/mol. The zero-order valence-electron chi connectivity index (χ0n) is 14.1. The molecule has 1 aromatic heterocycles. The fourth-order valence-electron chi connectivity index (χ4n) is 2.03. The Morgan fingerprint density at radius 1 is 1.13 bits per heavy atom. The Hall–Kier alpha value is -2.47. The van der Waals surface area contributed by atoms with Crippen molar-refractivity contribution in [2.75, 3.05) is 37.8 Å². The van der Waals surface area contributed by atoms with Crippen LogP contribution in [0, 0.1) is 13.8 Å². The fourth-order valence-corrected chi connectivity index (χ4v) is 2.03. The predicted molar refractivity (Wildman–Crippen MR) is 92.9 cm³/mol. The van der Waals surface area contributed by atoms with Crippen molar-refractivity contribution in [3.63, 3.8) is 0 Å². The normalized spacial score (nSPS) is 10.7. The Morgan fingerprint density at radius 3 is 2.57 bits per heavy atom. The summed E-state index contributed by atoms with van der Waals surface area (Å²) in [7, 11) is 4.02. The van der Waals surface area contributed by atoms with Crippen LogP contribution in [-0.4, -0.2) is 48.2 Å². The molecule has 1 amide bonds. The van der Waals surface area contributed by atoms with Crippen LogP contribution in [0.15, 0.2) is 30.3 Å². The van der Waals surface area contributed by atoms with Crippen molar-refractivity contribution >= 4 is 17.4 Å². The molecule has 0 unspecified atom stereocenters. The lowest BCUT2D eigenvalue weighted by Gasteiger charge is -2.11. The van der Waals surface area contributed by atoms with Gasteiger partial charge in [-0.05, 0) is 57.3 Å². The van der Waals surface area contributed by atoms with Crippen LogP contribution in [-0.2, 0) is 0 Å². The van der Waals surface area contributed by atoms with Crippen molar-refractivity contribution in [1.29, 1.82) is 0 Å². The van der Waals surface area contributed by atoms with Gasteiger partial charge >= 0.3 is 0 Å². The summed E-state index contributed by atoms with van der Waals surface area (Å²) in [5.74, 6) is 0.404. The largest absolute Gasteiger partial charge is 0.367 e. The zero-order valence-corrected chi connectivity index (χ0v) is 14.1. The topological polar surface area (TPSA) is 70.2 Å². The molecular formula is C17H23N5O. The van der Waals surface area contributed by atoms with E-state index in [4.69, 9.17) is 0 Å². The third kappa shape index (κ3) is 4.75. The summed E-state index contributed by atoms with van der Waals surface area (Å²) in [6.07, 6.45) is 0. The number of amides is 1. The van der Waals surface area contributed by atoms with Crippen LogP contribution in [0.3, 0.4) is 0 Å². The minimum absolute atomic E-state index is 0.258. The highest BCUT2D eigenvalue weighted by molar-refractivity contribution is 6.03. The number of hydrogen-bond donors (Lipinski definition) is 2. The van der Waals surface area contributed by atoms with E-state index in [1.807, 2.05) is 46.1 Å². The molecule has 0 saturated carbocycles. The highest BCUT2D eigenvalue weighted by Crippen LogP contribution is 2.18. The first-order valence-corrected chi connectivity index (χ1v) is 7.57. The molecule has 2 aromatic rings. The number of anilines is 2. The van der Waals surface area contributed by atoms with Crippen molar-refractivity contribution in [3.05, 3.63) is 47.2 Å². The number of hydrogen-bond acceptors (Lipinski definition) is 5. The van der Waals surface area contributed by atoms with Crippen LogP contribution in [0.4, 0.5) is 11.5 Å². The fraction of sp³-hybridized carbons (Fsp3) is 0.353. The van der Waals surface area contributed by atoms with Crippen molar-refractivity contribution in [3.8, 4) is 0 Å². The maximum absolute atomic E-state index is 12.3. The molecule has 0 spiro atoms. The molecule has 122 valence electrons. The molecule has 1 aromatic carbocycles. The van der Waals surface area contributed by atoms with Gasteiger partial charge in [0.15, 0.2) is 5.69 Å². The molecule has 2 N–H and O–H groups in total. The number of carbonyl (C=O) groups is 1. The minimum atomic E-state index is -0.258. The molecule has 0 radical (unpaired) electrons. The Bertz CT molecular complexity index is 667. The molecule has 1 heterocycles. The van der Waals surface area contributed by atoms with Crippen LogP contribution < -0.4 is 10.6 Å². The van der Waals surface area contributed by atoms with Crippen molar-refractivity contribution < 1.29 is 4.79 Å². The van der Waals surface area contributed by atoms with Gasteiger partial charge in [0.2, 0.25) is 0 Å². The summed E-state index contributed by atoms with van der Waals surface area (Å²) in [6, 6.07) is 9.25. The van der Waals surface area contributed by atoms with E-state index in [1.165, 1.54) is 0 Å². The molecule has 6 heteroatoms. The van der Waals surface area contributed by atoms with Gasteiger partial charge < -0.3 is 15.5 Å². The van der Waals surface area contributed by atoms with Crippen LogP contribution in [0.2, 0.25) is 0 Å². The summed E-state index contributed by atoms with van der Waals surface area (Å²) in [6.45, 7) is 5.67. The summed E-state index contributed by atoms with van der Waals surface area (Å²) < 4.78 is 0. The second kappa shape index (κ2) is 7.69. The van der Waals surface area contributed by atoms with Gasteiger partial charge in [0.1, 0.15) is 5.82 Å².